The largest absolute Gasteiger partial charge is 0.454 e. The highest BCUT2D eigenvalue weighted by molar-refractivity contribution is 6.20. The normalized spacial score (nSPS) is 11.9. The molecule has 0 radical (unpaired) electrons. The van der Waals surface area contributed by atoms with Gasteiger partial charge in [0.25, 0.3) is 5.91 Å². The van der Waals surface area contributed by atoms with Gasteiger partial charge in [0.1, 0.15) is 5.76 Å². The Hall–Kier alpha value is -1.53. The highest BCUT2D eigenvalue weighted by atomic mass is 35.5. The Labute approximate surface area is 116 Å². The first kappa shape index (κ1) is 15.5. The molecule has 0 saturated heterocycles. The molecule has 0 aliphatic rings. The van der Waals surface area contributed by atoms with Crippen LogP contribution >= 0.6 is 11.6 Å². The zero-order chi connectivity index (χ0) is 14.3. The quantitative estimate of drug-likeness (QED) is 0.581. The summed E-state index contributed by atoms with van der Waals surface area (Å²) in [6.07, 6.45) is 0. The van der Waals surface area contributed by atoms with Gasteiger partial charge in [0.2, 0.25) is 5.91 Å². The Balaban J connectivity index is 2.36. The van der Waals surface area contributed by atoms with E-state index in [1.165, 1.54) is 6.07 Å². The van der Waals surface area contributed by atoms with Crippen LogP contribution in [0.5, 0.6) is 0 Å². The summed E-state index contributed by atoms with van der Waals surface area (Å²) in [5.41, 5.74) is 0. The zero-order valence-corrected chi connectivity index (χ0v) is 11.6. The van der Waals surface area contributed by atoms with Crippen molar-refractivity contribution in [3.8, 4) is 0 Å². The number of amides is 2. The molecule has 0 saturated carbocycles. The van der Waals surface area contributed by atoms with E-state index in [0.29, 0.717) is 18.9 Å². The molecule has 2 amide bonds. The van der Waals surface area contributed by atoms with E-state index >= 15 is 0 Å². The summed E-state index contributed by atoms with van der Waals surface area (Å²) in [6.45, 7) is 2.45. The van der Waals surface area contributed by atoms with E-state index in [1.54, 1.807) is 20.1 Å². The summed E-state index contributed by atoms with van der Waals surface area (Å²) < 4.78 is 10.0. The van der Waals surface area contributed by atoms with Crippen LogP contribution in [0.2, 0.25) is 0 Å². The maximum absolute atomic E-state index is 11.7. The zero-order valence-electron chi connectivity index (χ0n) is 10.9. The van der Waals surface area contributed by atoms with E-state index in [-0.39, 0.29) is 23.6 Å². The van der Waals surface area contributed by atoms with E-state index in [9.17, 15) is 9.59 Å². The molecule has 19 heavy (non-hydrogen) atoms. The van der Waals surface area contributed by atoms with Crippen LogP contribution in [0, 0.1) is 0 Å². The van der Waals surface area contributed by atoms with Crippen LogP contribution in [0.4, 0.5) is 0 Å². The van der Waals surface area contributed by atoms with Gasteiger partial charge in [0, 0.05) is 13.7 Å². The monoisotopic (exact) mass is 288 g/mol. The Kier molecular flexibility index (Phi) is 6.38. The number of carbonyl (C=O) groups excluding carboxylic acids is 2. The minimum Gasteiger partial charge on any atom is -0.454 e. The fraction of sp³-hybridized carbons (Fsp3) is 0.500. The molecule has 0 aliphatic carbocycles. The maximum Gasteiger partial charge on any atom is 0.287 e. The first-order chi connectivity index (χ1) is 9.04. The lowest BCUT2D eigenvalue weighted by atomic mass is 10.3. The molecule has 1 aromatic rings. The summed E-state index contributed by atoms with van der Waals surface area (Å²) in [4.78, 5) is 23.0. The third-order valence-electron chi connectivity index (χ3n) is 2.28. The number of hydrogen-bond donors (Lipinski definition) is 2. The number of nitrogens with one attached hydrogen (secondary N) is 2. The second kappa shape index (κ2) is 7.81. The molecule has 0 bridgehead atoms. The molecule has 1 aromatic heterocycles. The van der Waals surface area contributed by atoms with Crippen molar-refractivity contribution in [1.82, 2.24) is 10.6 Å². The average molecular weight is 289 g/mol. The Morgan fingerprint density at radius 1 is 1.42 bits per heavy atom. The molecule has 1 rings (SSSR count). The van der Waals surface area contributed by atoms with Crippen LogP contribution in [0.25, 0.3) is 0 Å². The van der Waals surface area contributed by atoms with Crippen LogP contribution in [0.3, 0.4) is 0 Å². The average Bonchev–Trinajstić information content (AvgIpc) is 2.86. The SMILES string of the molecule is COCCNC(=O)CNC(=O)c1ccc(C(C)Cl)o1. The van der Waals surface area contributed by atoms with Crippen molar-refractivity contribution in [1.29, 1.82) is 0 Å². The summed E-state index contributed by atoms with van der Waals surface area (Å²) in [6, 6.07) is 3.15. The maximum atomic E-state index is 11.7. The summed E-state index contributed by atoms with van der Waals surface area (Å²) in [5, 5.41) is 4.73. The van der Waals surface area contributed by atoms with E-state index < -0.39 is 5.91 Å². The van der Waals surface area contributed by atoms with Crippen molar-refractivity contribution >= 4 is 23.4 Å². The lowest BCUT2D eigenvalue weighted by molar-refractivity contribution is -0.120. The minimum absolute atomic E-state index is 0.116. The molecular weight excluding hydrogens is 272 g/mol. The number of carbonyl (C=O) groups is 2. The van der Waals surface area contributed by atoms with Gasteiger partial charge in [-0.3, -0.25) is 9.59 Å². The van der Waals surface area contributed by atoms with Crippen LogP contribution in [-0.4, -0.2) is 38.6 Å². The van der Waals surface area contributed by atoms with Crippen molar-refractivity contribution in [2.75, 3.05) is 26.8 Å². The lowest BCUT2D eigenvalue weighted by Crippen LogP contribution is -2.38. The lowest BCUT2D eigenvalue weighted by Gasteiger charge is -2.05. The second-order valence-corrected chi connectivity index (χ2v) is 4.50. The number of ether oxygens (including phenoxy) is 1. The molecule has 0 fully saturated rings. The van der Waals surface area contributed by atoms with Gasteiger partial charge in [-0.1, -0.05) is 0 Å². The summed E-state index contributed by atoms with van der Waals surface area (Å²) in [5.74, 6) is -0.100. The molecule has 106 valence electrons. The molecule has 1 heterocycles. The van der Waals surface area contributed by atoms with Crippen molar-refractivity contribution in [2.45, 2.75) is 12.3 Å². The predicted molar refractivity (Wildman–Crippen MR) is 70.2 cm³/mol. The van der Waals surface area contributed by atoms with Gasteiger partial charge in [-0.05, 0) is 19.1 Å². The fourth-order valence-corrected chi connectivity index (χ4v) is 1.41. The first-order valence-electron chi connectivity index (χ1n) is 5.82. The molecular formula is C12H17ClN2O4. The van der Waals surface area contributed by atoms with E-state index in [0.717, 1.165) is 0 Å². The van der Waals surface area contributed by atoms with E-state index in [2.05, 4.69) is 10.6 Å². The molecule has 1 atom stereocenters. The van der Waals surface area contributed by atoms with Gasteiger partial charge in [0.05, 0.1) is 18.5 Å². The van der Waals surface area contributed by atoms with Crippen molar-refractivity contribution in [3.63, 3.8) is 0 Å². The second-order valence-electron chi connectivity index (χ2n) is 3.84. The minimum atomic E-state index is -0.453. The molecule has 2 N–H and O–H groups in total. The molecule has 0 aromatic carbocycles. The number of halogens is 1. The number of furan rings is 1. The molecule has 6 nitrogen and oxygen atoms in total. The van der Waals surface area contributed by atoms with Gasteiger partial charge >= 0.3 is 0 Å². The van der Waals surface area contributed by atoms with Crippen LogP contribution in [-0.2, 0) is 9.53 Å². The van der Waals surface area contributed by atoms with Gasteiger partial charge < -0.3 is 19.8 Å². The van der Waals surface area contributed by atoms with Crippen LogP contribution < -0.4 is 10.6 Å². The fourth-order valence-electron chi connectivity index (χ4n) is 1.29. The van der Waals surface area contributed by atoms with Crippen LogP contribution in [0.1, 0.15) is 28.6 Å². The summed E-state index contributed by atoms with van der Waals surface area (Å²) >= 11 is 5.82. The highest BCUT2D eigenvalue weighted by Gasteiger charge is 2.14. The highest BCUT2D eigenvalue weighted by Crippen LogP contribution is 2.21. The standard InChI is InChI=1S/C12H17ClN2O4/c1-8(13)9-3-4-10(19-9)12(17)15-7-11(16)14-5-6-18-2/h3-4,8H,5-7H2,1-2H3,(H,14,16)(H,15,17). The van der Waals surface area contributed by atoms with Gasteiger partial charge in [-0.25, -0.2) is 0 Å². The number of hydrogen-bond acceptors (Lipinski definition) is 4. The van der Waals surface area contributed by atoms with Crippen molar-refractivity contribution < 1.29 is 18.7 Å². The Bertz CT molecular complexity index is 431. The number of rotatable bonds is 7. The Morgan fingerprint density at radius 3 is 2.74 bits per heavy atom. The molecule has 7 heteroatoms. The van der Waals surface area contributed by atoms with Gasteiger partial charge in [-0.15, -0.1) is 11.6 Å². The van der Waals surface area contributed by atoms with Gasteiger partial charge in [0.15, 0.2) is 5.76 Å². The molecule has 1 unspecified atom stereocenters. The summed E-state index contributed by atoms with van der Waals surface area (Å²) in [7, 11) is 1.54. The van der Waals surface area contributed by atoms with E-state index in [1.807, 2.05) is 0 Å². The number of alkyl halides is 1. The number of methoxy groups -OCH3 is 1. The van der Waals surface area contributed by atoms with Crippen LogP contribution in [0.15, 0.2) is 16.5 Å². The third-order valence-corrected chi connectivity index (χ3v) is 2.50. The topological polar surface area (TPSA) is 80.6 Å². The first-order valence-corrected chi connectivity index (χ1v) is 6.26. The third kappa shape index (κ3) is 5.32. The van der Waals surface area contributed by atoms with E-state index in [4.69, 9.17) is 20.8 Å². The van der Waals surface area contributed by atoms with Crippen molar-refractivity contribution in [3.05, 3.63) is 23.7 Å². The Morgan fingerprint density at radius 2 is 2.16 bits per heavy atom. The molecule has 0 aliphatic heterocycles. The smallest absolute Gasteiger partial charge is 0.287 e. The van der Waals surface area contributed by atoms with Gasteiger partial charge in [-0.2, -0.15) is 0 Å². The molecule has 0 spiro atoms. The predicted octanol–water partition coefficient (Wildman–Crippen LogP) is 1.07. The van der Waals surface area contributed by atoms with Crippen molar-refractivity contribution in [2.24, 2.45) is 0 Å².